The van der Waals surface area contributed by atoms with Crippen LogP contribution in [0.25, 0.3) is 0 Å². The first-order chi connectivity index (χ1) is 15.5. The number of phenols is 2. The number of benzene rings is 4. The van der Waals surface area contributed by atoms with Crippen molar-refractivity contribution in [3.05, 3.63) is 130 Å². The molecule has 0 saturated carbocycles. The predicted molar refractivity (Wildman–Crippen MR) is 121 cm³/mol. The normalized spacial score (nSPS) is 14.0. The highest BCUT2D eigenvalue weighted by Crippen LogP contribution is 2.46. The fourth-order valence-electron chi connectivity index (χ4n) is 3.94. The van der Waals surface area contributed by atoms with Crippen molar-refractivity contribution < 1.29 is 25.5 Å². The van der Waals surface area contributed by atoms with E-state index in [0.717, 1.165) is 0 Å². The summed E-state index contributed by atoms with van der Waals surface area (Å²) in [7, 11) is 0. The molecule has 4 aromatic rings. The van der Waals surface area contributed by atoms with Crippen LogP contribution in [0, 0.1) is 0 Å². The molecular weight excluding hydrogens is 404 g/mol. The third-order valence-electron chi connectivity index (χ3n) is 5.58. The summed E-state index contributed by atoms with van der Waals surface area (Å²) in [5.41, 5.74) is 1.79. The summed E-state index contributed by atoms with van der Waals surface area (Å²) in [4.78, 5) is 0. The summed E-state index contributed by atoms with van der Waals surface area (Å²) in [5.74, 6) is -1.04. The van der Waals surface area contributed by atoms with Gasteiger partial charge in [0.15, 0.2) is 11.5 Å². The molecule has 0 radical (unpaired) electrons. The second kappa shape index (κ2) is 9.24. The molecule has 162 valence electrons. The number of hydrogen-bond donors (Lipinski definition) is 5. The fraction of sp³-hybridized carbons (Fsp3) is 0.111. The van der Waals surface area contributed by atoms with Crippen LogP contribution in [0.3, 0.4) is 0 Å². The maximum atomic E-state index is 11.3. The molecule has 3 unspecified atom stereocenters. The van der Waals surface area contributed by atoms with Gasteiger partial charge >= 0.3 is 0 Å². The Bertz CT molecular complexity index is 1180. The Morgan fingerprint density at radius 2 is 0.844 bits per heavy atom. The largest absolute Gasteiger partial charge is 0.504 e. The molecule has 0 amide bonds. The first-order valence-electron chi connectivity index (χ1n) is 10.3. The van der Waals surface area contributed by atoms with Gasteiger partial charge in [-0.1, -0.05) is 91.0 Å². The zero-order valence-corrected chi connectivity index (χ0v) is 17.2. The molecule has 0 aliphatic rings. The van der Waals surface area contributed by atoms with Gasteiger partial charge in [0.2, 0.25) is 0 Å². The Balaban J connectivity index is 1.98. The van der Waals surface area contributed by atoms with Gasteiger partial charge in [0.25, 0.3) is 0 Å². The lowest BCUT2D eigenvalue weighted by atomic mass is 9.84. The Kier molecular flexibility index (Phi) is 6.23. The standard InChI is InChI=1S/C27H24O5/c28-21-16-20(24(29)17-10-4-1-5-11-17)22(25(30)18-12-6-2-7-13-18)23(27(21)32)26(31)19-14-8-3-9-15-19/h1-16,24-26,28-32H. The smallest absolute Gasteiger partial charge is 0.164 e. The van der Waals surface area contributed by atoms with Gasteiger partial charge in [-0.05, 0) is 28.3 Å². The van der Waals surface area contributed by atoms with E-state index in [1.807, 2.05) is 12.1 Å². The van der Waals surface area contributed by atoms with E-state index in [1.165, 1.54) is 6.07 Å². The minimum atomic E-state index is -1.35. The lowest BCUT2D eigenvalue weighted by Crippen LogP contribution is -2.15. The minimum Gasteiger partial charge on any atom is -0.504 e. The van der Waals surface area contributed by atoms with Crippen LogP contribution < -0.4 is 0 Å². The summed E-state index contributed by atoms with van der Waals surface area (Å²) >= 11 is 0. The highest BCUT2D eigenvalue weighted by Gasteiger charge is 2.31. The van der Waals surface area contributed by atoms with Crippen molar-refractivity contribution in [3.8, 4) is 11.5 Å². The van der Waals surface area contributed by atoms with Crippen LogP contribution in [0.15, 0.2) is 97.1 Å². The number of phenolic OH excluding ortho intramolecular Hbond substituents is 2. The van der Waals surface area contributed by atoms with Crippen LogP contribution in [0.5, 0.6) is 11.5 Å². The van der Waals surface area contributed by atoms with Crippen molar-refractivity contribution in [2.75, 3.05) is 0 Å². The van der Waals surface area contributed by atoms with Gasteiger partial charge in [0.1, 0.15) is 18.3 Å². The lowest BCUT2D eigenvalue weighted by Gasteiger charge is -2.27. The van der Waals surface area contributed by atoms with Crippen molar-refractivity contribution >= 4 is 0 Å². The van der Waals surface area contributed by atoms with E-state index in [2.05, 4.69) is 0 Å². The highest BCUT2D eigenvalue weighted by atomic mass is 16.3. The summed E-state index contributed by atoms with van der Waals surface area (Å²) in [5, 5.41) is 55.0. The lowest BCUT2D eigenvalue weighted by molar-refractivity contribution is 0.180. The summed E-state index contributed by atoms with van der Waals surface area (Å²) < 4.78 is 0. The molecule has 0 aliphatic carbocycles. The van der Waals surface area contributed by atoms with Gasteiger partial charge in [-0.15, -0.1) is 0 Å². The third-order valence-corrected chi connectivity index (χ3v) is 5.58. The molecule has 5 N–H and O–H groups in total. The average Bonchev–Trinajstić information content (AvgIpc) is 2.85. The summed E-state index contributed by atoms with van der Waals surface area (Å²) in [6.07, 6.45) is -3.83. The molecule has 0 fully saturated rings. The van der Waals surface area contributed by atoms with Gasteiger partial charge in [-0.2, -0.15) is 0 Å². The van der Waals surface area contributed by atoms with Gasteiger partial charge < -0.3 is 25.5 Å². The van der Waals surface area contributed by atoms with Crippen molar-refractivity contribution in [1.29, 1.82) is 0 Å². The molecule has 4 aromatic carbocycles. The molecule has 0 aliphatic heterocycles. The maximum absolute atomic E-state index is 11.3. The predicted octanol–water partition coefficient (Wildman–Crippen LogP) is 4.34. The van der Waals surface area contributed by atoms with Crippen molar-refractivity contribution in [2.45, 2.75) is 18.3 Å². The topological polar surface area (TPSA) is 101 Å². The van der Waals surface area contributed by atoms with E-state index in [9.17, 15) is 25.5 Å². The number of rotatable bonds is 6. The zero-order chi connectivity index (χ0) is 22.7. The molecule has 0 bridgehead atoms. The first kappa shape index (κ1) is 21.6. The van der Waals surface area contributed by atoms with E-state index < -0.39 is 29.8 Å². The van der Waals surface area contributed by atoms with E-state index in [-0.39, 0.29) is 16.7 Å². The molecule has 4 rings (SSSR count). The molecule has 0 spiro atoms. The SMILES string of the molecule is Oc1cc(C(O)c2ccccc2)c(C(O)c2ccccc2)c(C(O)c2ccccc2)c1O. The Labute approximate surface area is 186 Å². The number of aliphatic hydroxyl groups excluding tert-OH is 3. The van der Waals surface area contributed by atoms with Gasteiger partial charge in [0, 0.05) is 11.1 Å². The van der Waals surface area contributed by atoms with Gasteiger partial charge in [-0.25, -0.2) is 0 Å². The third kappa shape index (κ3) is 4.09. The van der Waals surface area contributed by atoms with Crippen LogP contribution in [0.2, 0.25) is 0 Å². The second-order valence-corrected chi connectivity index (χ2v) is 7.60. The second-order valence-electron chi connectivity index (χ2n) is 7.60. The van der Waals surface area contributed by atoms with Crippen LogP contribution >= 0.6 is 0 Å². The molecule has 3 atom stereocenters. The Morgan fingerprint density at radius 1 is 0.469 bits per heavy atom. The zero-order valence-electron chi connectivity index (χ0n) is 17.2. The number of aliphatic hydroxyl groups is 3. The van der Waals surface area contributed by atoms with Gasteiger partial charge in [0.05, 0.1) is 0 Å². The minimum absolute atomic E-state index is 0.0578. The maximum Gasteiger partial charge on any atom is 0.164 e. The van der Waals surface area contributed by atoms with E-state index in [4.69, 9.17) is 0 Å². The van der Waals surface area contributed by atoms with Crippen LogP contribution in [0.4, 0.5) is 0 Å². The molecule has 0 saturated heterocycles. The Morgan fingerprint density at radius 3 is 1.28 bits per heavy atom. The highest BCUT2D eigenvalue weighted by molar-refractivity contribution is 5.59. The van der Waals surface area contributed by atoms with Crippen molar-refractivity contribution in [1.82, 2.24) is 0 Å². The summed E-state index contributed by atoms with van der Waals surface area (Å²) in [6, 6.07) is 27.4. The molecule has 0 aromatic heterocycles. The molecule has 5 nitrogen and oxygen atoms in total. The van der Waals surface area contributed by atoms with E-state index >= 15 is 0 Å². The van der Waals surface area contributed by atoms with Crippen molar-refractivity contribution in [2.24, 2.45) is 0 Å². The van der Waals surface area contributed by atoms with Crippen LogP contribution in [-0.2, 0) is 0 Å². The van der Waals surface area contributed by atoms with E-state index in [0.29, 0.717) is 16.7 Å². The molecule has 5 heteroatoms. The molecular formula is C27H24O5. The quantitative estimate of drug-likeness (QED) is 0.294. The molecule has 32 heavy (non-hydrogen) atoms. The van der Waals surface area contributed by atoms with Gasteiger partial charge in [-0.3, -0.25) is 0 Å². The summed E-state index contributed by atoms with van der Waals surface area (Å²) in [6.45, 7) is 0. The molecule has 0 heterocycles. The average molecular weight is 428 g/mol. The fourth-order valence-corrected chi connectivity index (χ4v) is 3.94. The van der Waals surface area contributed by atoms with Crippen LogP contribution in [0.1, 0.15) is 51.7 Å². The van der Waals surface area contributed by atoms with Crippen molar-refractivity contribution in [3.63, 3.8) is 0 Å². The monoisotopic (exact) mass is 428 g/mol. The number of hydrogen-bond acceptors (Lipinski definition) is 5. The first-order valence-corrected chi connectivity index (χ1v) is 10.3. The Hall–Kier alpha value is -3.64. The van der Waals surface area contributed by atoms with Crippen LogP contribution in [-0.4, -0.2) is 25.5 Å². The van der Waals surface area contributed by atoms with E-state index in [1.54, 1.807) is 78.9 Å². The number of aromatic hydroxyl groups is 2.